The first-order chi connectivity index (χ1) is 13.7. The highest BCUT2D eigenvalue weighted by molar-refractivity contribution is 7.92. The molecule has 1 saturated heterocycles. The van der Waals surface area contributed by atoms with Crippen molar-refractivity contribution in [2.24, 2.45) is 0 Å². The number of carbonyl (C=O) groups excluding carboxylic acids is 1. The van der Waals surface area contributed by atoms with Crippen molar-refractivity contribution in [2.75, 3.05) is 10.8 Å². The summed E-state index contributed by atoms with van der Waals surface area (Å²) in [7, 11) is -4.22. The first-order valence-electron chi connectivity index (χ1n) is 9.19. The van der Waals surface area contributed by atoms with Gasteiger partial charge in [0.15, 0.2) is 5.82 Å². The number of phenols is 1. The van der Waals surface area contributed by atoms with Gasteiger partial charge in [-0.3, -0.25) is 4.79 Å². The summed E-state index contributed by atoms with van der Waals surface area (Å²) in [6.45, 7) is 3.63. The molecule has 0 saturated carbocycles. The van der Waals surface area contributed by atoms with Crippen LogP contribution in [0.2, 0.25) is 0 Å². The summed E-state index contributed by atoms with van der Waals surface area (Å²) >= 11 is 0. The molecule has 2 aromatic rings. The minimum atomic E-state index is -4.22. The molecule has 0 spiro atoms. The van der Waals surface area contributed by atoms with E-state index < -0.39 is 39.9 Å². The molecule has 1 unspecified atom stereocenters. The standard InChI is InChI=1S/C18H21FN4O5S/c1-9-14(10(2)28-21-9)7-20-12-4-3-11-5-15(24)18(17(19)13(11)6-12)23-8-16(25)22-29(23,26)27/h5,12,20,24H,3-4,6-8H2,1-2H3,(H,22,25). The molecule has 1 atom stereocenters. The van der Waals surface area contributed by atoms with Gasteiger partial charge in [0.1, 0.15) is 23.7 Å². The maximum Gasteiger partial charge on any atom is 0.326 e. The third-order valence-corrected chi connectivity index (χ3v) is 6.82. The van der Waals surface area contributed by atoms with E-state index in [1.54, 1.807) is 4.72 Å². The molecule has 1 aliphatic heterocycles. The number of amides is 1. The van der Waals surface area contributed by atoms with E-state index in [1.807, 2.05) is 13.8 Å². The van der Waals surface area contributed by atoms with Crippen molar-refractivity contribution in [1.82, 2.24) is 15.2 Å². The summed E-state index contributed by atoms with van der Waals surface area (Å²) in [6.07, 6.45) is 1.59. The van der Waals surface area contributed by atoms with Gasteiger partial charge in [0.05, 0.1) is 5.69 Å². The van der Waals surface area contributed by atoms with Crippen LogP contribution in [0.3, 0.4) is 0 Å². The van der Waals surface area contributed by atoms with E-state index in [1.165, 1.54) is 6.07 Å². The fraction of sp³-hybridized carbons (Fsp3) is 0.444. The van der Waals surface area contributed by atoms with E-state index in [4.69, 9.17) is 4.52 Å². The molecule has 1 aromatic carbocycles. The van der Waals surface area contributed by atoms with Crippen LogP contribution in [0.1, 0.15) is 34.6 Å². The Morgan fingerprint density at radius 1 is 1.45 bits per heavy atom. The highest BCUT2D eigenvalue weighted by Gasteiger charge is 2.39. The quantitative estimate of drug-likeness (QED) is 0.668. The minimum absolute atomic E-state index is 0.0435. The maximum atomic E-state index is 15.3. The lowest BCUT2D eigenvalue weighted by molar-refractivity contribution is -0.117. The topological polar surface area (TPSA) is 125 Å². The molecule has 9 nitrogen and oxygen atoms in total. The molecule has 0 radical (unpaired) electrons. The van der Waals surface area contributed by atoms with Crippen LogP contribution in [0.5, 0.6) is 5.75 Å². The van der Waals surface area contributed by atoms with Crippen LogP contribution in [0.4, 0.5) is 10.1 Å². The van der Waals surface area contributed by atoms with Crippen LogP contribution in [0.15, 0.2) is 10.6 Å². The Kier molecular flexibility index (Phi) is 4.74. The summed E-state index contributed by atoms with van der Waals surface area (Å²) < 4.78 is 47.0. The molecule has 156 valence electrons. The van der Waals surface area contributed by atoms with E-state index in [2.05, 4.69) is 10.5 Å². The Bertz CT molecular complexity index is 1080. The number of fused-ring (bicyclic) bond motifs is 1. The predicted octanol–water partition coefficient (Wildman–Crippen LogP) is 0.964. The van der Waals surface area contributed by atoms with Crippen molar-refractivity contribution < 1.29 is 27.2 Å². The number of anilines is 1. The number of nitrogens with one attached hydrogen (secondary N) is 2. The zero-order valence-corrected chi connectivity index (χ0v) is 16.8. The first-order valence-corrected chi connectivity index (χ1v) is 10.6. The second-order valence-electron chi connectivity index (χ2n) is 7.36. The zero-order valence-electron chi connectivity index (χ0n) is 16.0. The van der Waals surface area contributed by atoms with Gasteiger partial charge >= 0.3 is 10.2 Å². The van der Waals surface area contributed by atoms with E-state index in [0.717, 1.165) is 23.4 Å². The summed E-state index contributed by atoms with van der Waals surface area (Å²) in [4.78, 5) is 11.5. The van der Waals surface area contributed by atoms with E-state index >= 15 is 4.39 Å². The average molecular weight is 424 g/mol. The van der Waals surface area contributed by atoms with Crippen LogP contribution in [0, 0.1) is 19.7 Å². The van der Waals surface area contributed by atoms with Crippen molar-refractivity contribution in [2.45, 2.75) is 45.7 Å². The lowest BCUT2D eigenvalue weighted by Gasteiger charge is -2.28. The second kappa shape index (κ2) is 6.99. The number of hydrogen-bond donors (Lipinski definition) is 3. The fourth-order valence-corrected chi connectivity index (χ4v) is 5.06. The van der Waals surface area contributed by atoms with Crippen LogP contribution in [-0.2, 0) is 34.4 Å². The Morgan fingerprint density at radius 2 is 2.21 bits per heavy atom. The van der Waals surface area contributed by atoms with Crippen molar-refractivity contribution in [1.29, 1.82) is 0 Å². The third-order valence-electron chi connectivity index (χ3n) is 5.44. The number of benzene rings is 1. The number of aryl methyl sites for hydroxylation is 3. The minimum Gasteiger partial charge on any atom is -0.506 e. The molecule has 0 bridgehead atoms. The number of aromatic nitrogens is 1. The van der Waals surface area contributed by atoms with Gasteiger partial charge in [-0.1, -0.05) is 5.16 Å². The van der Waals surface area contributed by atoms with Crippen molar-refractivity contribution in [3.8, 4) is 5.75 Å². The Labute approximate surface area is 167 Å². The first kappa shape index (κ1) is 19.6. The van der Waals surface area contributed by atoms with Gasteiger partial charge in [-0.25, -0.2) is 13.4 Å². The van der Waals surface area contributed by atoms with Gasteiger partial charge in [-0.15, -0.1) is 0 Å². The number of halogens is 1. The van der Waals surface area contributed by atoms with Crippen molar-refractivity contribution in [3.63, 3.8) is 0 Å². The molecule has 11 heteroatoms. The largest absolute Gasteiger partial charge is 0.506 e. The summed E-state index contributed by atoms with van der Waals surface area (Å²) in [5.41, 5.74) is 2.23. The highest BCUT2D eigenvalue weighted by Crippen LogP contribution is 2.39. The molecular weight excluding hydrogens is 403 g/mol. The van der Waals surface area contributed by atoms with Gasteiger partial charge in [0, 0.05) is 18.2 Å². The summed E-state index contributed by atoms with van der Waals surface area (Å²) in [5, 5.41) is 17.6. The smallest absolute Gasteiger partial charge is 0.326 e. The molecular formula is C18H21FN4O5S. The van der Waals surface area contributed by atoms with Crippen LogP contribution < -0.4 is 14.3 Å². The van der Waals surface area contributed by atoms with E-state index in [-0.39, 0.29) is 6.04 Å². The molecule has 3 N–H and O–H groups in total. The third kappa shape index (κ3) is 3.44. The van der Waals surface area contributed by atoms with Gasteiger partial charge in [0.2, 0.25) is 0 Å². The monoisotopic (exact) mass is 424 g/mol. The van der Waals surface area contributed by atoms with Gasteiger partial charge in [-0.05, 0) is 50.3 Å². The molecule has 4 rings (SSSR count). The molecule has 1 aromatic heterocycles. The number of aromatic hydroxyl groups is 1. The second-order valence-corrected chi connectivity index (χ2v) is 8.95. The SMILES string of the molecule is Cc1noc(C)c1CNC1CCc2cc(O)c(N3CC(=O)NS3(=O)=O)c(F)c2C1. The maximum absolute atomic E-state index is 15.3. The molecule has 29 heavy (non-hydrogen) atoms. The van der Waals surface area contributed by atoms with E-state index in [0.29, 0.717) is 34.8 Å². The number of carbonyl (C=O) groups is 1. The summed E-state index contributed by atoms with van der Waals surface area (Å²) in [5.74, 6) is -1.37. The van der Waals surface area contributed by atoms with Crippen molar-refractivity contribution in [3.05, 3.63) is 40.0 Å². The molecule has 1 fully saturated rings. The van der Waals surface area contributed by atoms with Crippen LogP contribution in [-0.4, -0.2) is 37.2 Å². The van der Waals surface area contributed by atoms with Gasteiger partial charge in [-0.2, -0.15) is 8.42 Å². The average Bonchev–Trinajstić information content (AvgIpc) is 3.10. The normalized spacial score (nSPS) is 20.6. The van der Waals surface area contributed by atoms with Crippen LogP contribution in [0.25, 0.3) is 0 Å². The molecule has 1 aliphatic carbocycles. The van der Waals surface area contributed by atoms with Crippen LogP contribution >= 0.6 is 0 Å². The summed E-state index contributed by atoms with van der Waals surface area (Å²) in [6, 6.07) is 1.34. The number of rotatable bonds is 4. The lowest BCUT2D eigenvalue weighted by atomic mass is 9.87. The Morgan fingerprint density at radius 3 is 2.83 bits per heavy atom. The Hall–Kier alpha value is -2.66. The molecule has 2 aliphatic rings. The highest BCUT2D eigenvalue weighted by atomic mass is 32.2. The molecule has 2 heterocycles. The number of nitrogens with zero attached hydrogens (tertiary/aromatic N) is 2. The number of phenolic OH excluding ortho intramolecular Hbond substituents is 1. The van der Waals surface area contributed by atoms with Gasteiger partial charge < -0.3 is 14.9 Å². The predicted molar refractivity (Wildman–Crippen MR) is 101 cm³/mol. The van der Waals surface area contributed by atoms with Crippen molar-refractivity contribution >= 4 is 21.8 Å². The Balaban J connectivity index is 1.60. The lowest BCUT2D eigenvalue weighted by Crippen LogP contribution is -2.35. The zero-order chi connectivity index (χ0) is 20.9. The van der Waals surface area contributed by atoms with Gasteiger partial charge in [0.25, 0.3) is 5.91 Å². The fourth-order valence-electron chi connectivity index (χ4n) is 3.90. The number of hydrogen-bond acceptors (Lipinski definition) is 7. The molecule has 1 amide bonds. The van der Waals surface area contributed by atoms with E-state index in [9.17, 15) is 18.3 Å².